The Hall–Kier alpha value is -2.57. The highest BCUT2D eigenvalue weighted by atomic mass is 16.5. The third-order valence-corrected chi connectivity index (χ3v) is 2.73. The molecule has 19 heavy (non-hydrogen) atoms. The number of aromatic nitrogens is 3. The standard InChI is InChI=1S/C12H13N3O4/c1-7-4-5-9(19-3)8(6-7)15-12(18)14(2)10(13-15)11(16)17/h4-6H,1-3H3,(H,16,17). The van der Waals surface area contributed by atoms with E-state index in [-0.39, 0.29) is 5.82 Å². The lowest BCUT2D eigenvalue weighted by atomic mass is 10.2. The van der Waals surface area contributed by atoms with Gasteiger partial charge in [-0.2, -0.15) is 4.68 Å². The number of methoxy groups -OCH3 is 1. The molecule has 0 amide bonds. The van der Waals surface area contributed by atoms with Crippen molar-refractivity contribution >= 4 is 5.97 Å². The van der Waals surface area contributed by atoms with E-state index in [1.165, 1.54) is 14.2 Å². The fourth-order valence-corrected chi connectivity index (χ4v) is 1.75. The number of carboxylic acids is 1. The quantitative estimate of drug-likeness (QED) is 0.875. The summed E-state index contributed by atoms with van der Waals surface area (Å²) in [5.41, 5.74) is 0.780. The van der Waals surface area contributed by atoms with Crippen LogP contribution >= 0.6 is 0 Å². The van der Waals surface area contributed by atoms with Gasteiger partial charge in [0.15, 0.2) is 0 Å². The summed E-state index contributed by atoms with van der Waals surface area (Å²) in [4.78, 5) is 23.0. The second-order valence-corrected chi connectivity index (χ2v) is 4.06. The van der Waals surface area contributed by atoms with Gasteiger partial charge in [-0.05, 0) is 24.6 Å². The van der Waals surface area contributed by atoms with Gasteiger partial charge < -0.3 is 9.84 Å². The highest BCUT2D eigenvalue weighted by Crippen LogP contribution is 2.22. The van der Waals surface area contributed by atoms with E-state index in [2.05, 4.69) is 5.10 Å². The topological polar surface area (TPSA) is 86.3 Å². The molecule has 0 spiro atoms. The molecule has 100 valence electrons. The molecule has 0 saturated heterocycles. The summed E-state index contributed by atoms with van der Waals surface area (Å²) in [6.45, 7) is 1.86. The molecule has 1 heterocycles. The van der Waals surface area contributed by atoms with E-state index in [0.717, 1.165) is 14.8 Å². The number of rotatable bonds is 3. The maximum absolute atomic E-state index is 12.0. The van der Waals surface area contributed by atoms with Crippen molar-refractivity contribution in [1.82, 2.24) is 14.3 Å². The molecular weight excluding hydrogens is 250 g/mol. The molecular formula is C12H13N3O4. The molecule has 0 aliphatic heterocycles. The first-order valence-electron chi connectivity index (χ1n) is 5.50. The average molecular weight is 263 g/mol. The maximum atomic E-state index is 12.0. The first-order chi connectivity index (χ1) is 8.95. The molecule has 7 nitrogen and oxygen atoms in total. The first kappa shape index (κ1) is 12.9. The van der Waals surface area contributed by atoms with Crippen LogP contribution in [0.1, 0.15) is 16.2 Å². The number of carboxylic acid groups (broad SMARTS) is 1. The number of hydrogen-bond acceptors (Lipinski definition) is 4. The van der Waals surface area contributed by atoms with Crippen LogP contribution in [-0.2, 0) is 7.05 Å². The maximum Gasteiger partial charge on any atom is 0.374 e. The van der Waals surface area contributed by atoms with Crippen molar-refractivity contribution in [2.24, 2.45) is 7.05 Å². The lowest BCUT2D eigenvalue weighted by Gasteiger charge is -2.07. The van der Waals surface area contributed by atoms with Gasteiger partial charge in [-0.25, -0.2) is 9.59 Å². The molecule has 0 atom stereocenters. The molecule has 0 radical (unpaired) electrons. The van der Waals surface area contributed by atoms with E-state index in [1.54, 1.807) is 12.1 Å². The Kier molecular flexibility index (Phi) is 3.12. The van der Waals surface area contributed by atoms with E-state index in [1.807, 2.05) is 13.0 Å². The number of carbonyl (C=O) groups is 1. The molecule has 2 rings (SSSR count). The Morgan fingerprint density at radius 2 is 2.11 bits per heavy atom. The van der Waals surface area contributed by atoms with E-state index in [4.69, 9.17) is 9.84 Å². The zero-order valence-corrected chi connectivity index (χ0v) is 10.7. The Bertz CT molecular complexity index is 699. The Labute approximate surface area is 108 Å². The predicted octanol–water partition coefficient (Wildman–Crippen LogP) is 0.586. The molecule has 0 saturated carbocycles. The van der Waals surface area contributed by atoms with Crippen LogP contribution in [0.15, 0.2) is 23.0 Å². The van der Waals surface area contributed by atoms with Gasteiger partial charge in [0.25, 0.3) is 0 Å². The largest absolute Gasteiger partial charge is 0.494 e. The van der Waals surface area contributed by atoms with E-state index in [9.17, 15) is 9.59 Å². The summed E-state index contributed by atoms with van der Waals surface area (Å²) in [6.07, 6.45) is 0. The monoisotopic (exact) mass is 263 g/mol. The van der Waals surface area contributed by atoms with Crippen molar-refractivity contribution in [1.29, 1.82) is 0 Å². The van der Waals surface area contributed by atoms with Crippen LogP contribution in [0.4, 0.5) is 0 Å². The van der Waals surface area contributed by atoms with Gasteiger partial charge in [0.05, 0.1) is 7.11 Å². The van der Waals surface area contributed by atoms with Crippen LogP contribution in [0, 0.1) is 6.92 Å². The number of aromatic carboxylic acids is 1. The average Bonchev–Trinajstić information content (AvgIpc) is 2.66. The van der Waals surface area contributed by atoms with Gasteiger partial charge in [-0.3, -0.25) is 4.57 Å². The van der Waals surface area contributed by atoms with Crippen LogP contribution in [0.5, 0.6) is 5.75 Å². The summed E-state index contributed by atoms with van der Waals surface area (Å²) in [6, 6.07) is 5.24. The number of nitrogens with zero attached hydrogens (tertiary/aromatic N) is 3. The highest BCUT2D eigenvalue weighted by Gasteiger charge is 2.19. The second kappa shape index (κ2) is 4.60. The molecule has 2 aromatic rings. The minimum absolute atomic E-state index is 0.325. The van der Waals surface area contributed by atoms with Crippen LogP contribution in [0.2, 0.25) is 0 Å². The summed E-state index contributed by atoms with van der Waals surface area (Å²) < 4.78 is 7.16. The van der Waals surface area contributed by atoms with Crippen molar-refractivity contribution in [3.8, 4) is 11.4 Å². The van der Waals surface area contributed by atoms with Crippen molar-refractivity contribution < 1.29 is 14.6 Å². The molecule has 1 aromatic carbocycles. The molecule has 0 aliphatic rings. The Morgan fingerprint density at radius 3 is 2.63 bits per heavy atom. The lowest BCUT2D eigenvalue weighted by Crippen LogP contribution is -2.23. The SMILES string of the molecule is COc1ccc(C)cc1-n1nc(C(=O)O)n(C)c1=O. The van der Waals surface area contributed by atoms with Crippen LogP contribution < -0.4 is 10.4 Å². The zero-order valence-electron chi connectivity index (χ0n) is 10.7. The minimum Gasteiger partial charge on any atom is -0.494 e. The summed E-state index contributed by atoms with van der Waals surface area (Å²) >= 11 is 0. The molecule has 7 heteroatoms. The van der Waals surface area contributed by atoms with Crippen molar-refractivity contribution in [3.63, 3.8) is 0 Å². The van der Waals surface area contributed by atoms with Crippen molar-refractivity contribution in [2.75, 3.05) is 7.11 Å². The van der Waals surface area contributed by atoms with Crippen molar-refractivity contribution in [2.45, 2.75) is 6.92 Å². The Morgan fingerprint density at radius 1 is 1.42 bits per heavy atom. The van der Waals surface area contributed by atoms with Crippen LogP contribution in [0.3, 0.4) is 0 Å². The fourth-order valence-electron chi connectivity index (χ4n) is 1.75. The van der Waals surface area contributed by atoms with Gasteiger partial charge in [0, 0.05) is 7.05 Å². The van der Waals surface area contributed by atoms with E-state index in [0.29, 0.717) is 11.4 Å². The van der Waals surface area contributed by atoms with E-state index < -0.39 is 11.7 Å². The molecule has 0 bridgehead atoms. The fraction of sp³-hybridized carbons (Fsp3) is 0.250. The van der Waals surface area contributed by atoms with Gasteiger partial charge in [0.1, 0.15) is 11.4 Å². The molecule has 0 aliphatic carbocycles. The predicted molar refractivity (Wildman–Crippen MR) is 67.1 cm³/mol. The zero-order chi connectivity index (χ0) is 14.2. The summed E-state index contributed by atoms with van der Waals surface area (Å²) in [5.74, 6) is -1.14. The number of ether oxygens (including phenoxy) is 1. The second-order valence-electron chi connectivity index (χ2n) is 4.06. The highest BCUT2D eigenvalue weighted by molar-refractivity contribution is 5.83. The van der Waals surface area contributed by atoms with Crippen LogP contribution in [0.25, 0.3) is 5.69 Å². The number of aryl methyl sites for hydroxylation is 1. The van der Waals surface area contributed by atoms with Gasteiger partial charge >= 0.3 is 11.7 Å². The summed E-state index contributed by atoms with van der Waals surface area (Å²) in [5, 5.41) is 12.8. The van der Waals surface area contributed by atoms with Gasteiger partial charge in [-0.1, -0.05) is 6.07 Å². The lowest BCUT2D eigenvalue weighted by molar-refractivity contribution is 0.0678. The van der Waals surface area contributed by atoms with Gasteiger partial charge in [-0.15, -0.1) is 5.10 Å². The smallest absolute Gasteiger partial charge is 0.374 e. The first-order valence-corrected chi connectivity index (χ1v) is 5.50. The third-order valence-electron chi connectivity index (χ3n) is 2.73. The molecule has 0 fully saturated rings. The summed E-state index contributed by atoms with van der Waals surface area (Å²) in [7, 11) is 2.83. The molecule has 1 aromatic heterocycles. The normalized spacial score (nSPS) is 10.5. The molecule has 0 unspecified atom stereocenters. The number of hydrogen-bond donors (Lipinski definition) is 1. The Balaban J connectivity index is 2.72. The van der Waals surface area contributed by atoms with E-state index >= 15 is 0 Å². The number of benzene rings is 1. The van der Waals surface area contributed by atoms with Crippen molar-refractivity contribution in [3.05, 3.63) is 40.1 Å². The van der Waals surface area contributed by atoms with Gasteiger partial charge in [0.2, 0.25) is 5.82 Å². The third kappa shape index (κ3) is 2.10. The van der Waals surface area contributed by atoms with Crippen LogP contribution in [-0.4, -0.2) is 32.5 Å². The molecule has 1 N–H and O–H groups in total. The minimum atomic E-state index is -1.26.